The minimum absolute atomic E-state index is 0.772. The topological polar surface area (TPSA) is 35.8 Å². The van der Waals surface area contributed by atoms with E-state index >= 15 is 0 Å². The summed E-state index contributed by atoms with van der Waals surface area (Å²) in [5, 5.41) is 16.3. The monoisotopic (exact) mass is 234 g/mol. The first-order valence-electron chi connectivity index (χ1n) is 4.55. The second kappa shape index (κ2) is 4.47. The van der Waals surface area contributed by atoms with E-state index in [-0.39, 0.29) is 0 Å². The maximum atomic E-state index is 8.69. The van der Waals surface area contributed by atoms with Crippen molar-refractivity contribution >= 4 is 28.4 Å². The van der Waals surface area contributed by atoms with Gasteiger partial charge in [0.05, 0.1) is 0 Å². The predicted molar refractivity (Wildman–Crippen MR) is 65.4 cm³/mol. The second-order valence-electron chi connectivity index (χ2n) is 3.20. The van der Waals surface area contributed by atoms with E-state index in [2.05, 4.69) is 29.1 Å². The highest BCUT2D eigenvalue weighted by Gasteiger charge is 2.01. The van der Waals surface area contributed by atoms with Crippen molar-refractivity contribution in [2.45, 2.75) is 13.5 Å². The molecule has 0 aliphatic carbocycles. The molecule has 2 aromatic heterocycles. The van der Waals surface area contributed by atoms with Crippen LogP contribution in [0.2, 0.25) is 0 Å². The van der Waals surface area contributed by atoms with Crippen LogP contribution in [0.5, 0.6) is 0 Å². The predicted octanol–water partition coefficient (Wildman–Crippen LogP) is 3.60. The first kappa shape index (κ1) is 10.2. The lowest BCUT2D eigenvalue weighted by atomic mass is 10.3. The van der Waals surface area contributed by atoms with Crippen molar-refractivity contribution in [2.75, 3.05) is 5.32 Å². The smallest absolute Gasteiger partial charge is 0.110 e. The van der Waals surface area contributed by atoms with Crippen molar-refractivity contribution in [3.8, 4) is 6.07 Å². The Morgan fingerprint density at radius 2 is 2.27 bits per heavy atom. The summed E-state index contributed by atoms with van der Waals surface area (Å²) in [6.07, 6.45) is 0. The van der Waals surface area contributed by atoms with E-state index in [9.17, 15) is 0 Å². The molecule has 0 radical (unpaired) electrons. The van der Waals surface area contributed by atoms with Gasteiger partial charge in [-0.05, 0) is 30.0 Å². The van der Waals surface area contributed by atoms with Gasteiger partial charge in [0.2, 0.25) is 0 Å². The van der Waals surface area contributed by atoms with Crippen LogP contribution in [-0.2, 0) is 6.54 Å². The summed E-state index contributed by atoms with van der Waals surface area (Å²) in [6, 6.07) is 6.01. The van der Waals surface area contributed by atoms with E-state index < -0.39 is 0 Å². The first-order valence-corrected chi connectivity index (χ1v) is 6.31. The van der Waals surface area contributed by atoms with E-state index in [1.807, 2.05) is 12.1 Å². The fourth-order valence-electron chi connectivity index (χ4n) is 1.26. The fourth-order valence-corrected chi connectivity index (χ4v) is 2.81. The molecule has 2 aromatic rings. The molecule has 0 aromatic carbocycles. The Balaban J connectivity index is 2.00. The summed E-state index contributed by atoms with van der Waals surface area (Å²) >= 11 is 3.24. The van der Waals surface area contributed by atoms with Gasteiger partial charge in [-0.1, -0.05) is 0 Å². The van der Waals surface area contributed by atoms with Crippen molar-refractivity contribution in [1.29, 1.82) is 5.26 Å². The molecule has 0 unspecified atom stereocenters. The van der Waals surface area contributed by atoms with Crippen LogP contribution in [0.4, 0.5) is 5.69 Å². The summed E-state index contributed by atoms with van der Waals surface area (Å²) < 4.78 is 0. The third-order valence-electron chi connectivity index (χ3n) is 2.08. The van der Waals surface area contributed by atoms with Crippen molar-refractivity contribution in [2.24, 2.45) is 0 Å². The Kier molecular flexibility index (Phi) is 3.05. The number of thiophene rings is 2. The SMILES string of the molecule is Cc1cscc1NCc1ccc(C#N)s1. The molecule has 0 saturated carbocycles. The highest BCUT2D eigenvalue weighted by molar-refractivity contribution is 7.12. The molecule has 0 amide bonds. The van der Waals surface area contributed by atoms with Crippen LogP contribution in [0.25, 0.3) is 0 Å². The van der Waals surface area contributed by atoms with Crippen LogP contribution in [-0.4, -0.2) is 0 Å². The van der Waals surface area contributed by atoms with E-state index in [4.69, 9.17) is 5.26 Å². The van der Waals surface area contributed by atoms with Gasteiger partial charge in [0.25, 0.3) is 0 Å². The molecule has 4 heteroatoms. The lowest BCUT2D eigenvalue weighted by molar-refractivity contribution is 1.19. The van der Waals surface area contributed by atoms with Crippen LogP contribution in [0.3, 0.4) is 0 Å². The van der Waals surface area contributed by atoms with Crippen LogP contribution in [0.15, 0.2) is 22.9 Å². The number of nitrogens with zero attached hydrogens (tertiary/aromatic N) is 1. The van der Waals surface area contributed by atoms with Gasteiger partial charge in [-0.25, -0.2) is 0 Å². The average Bonchev–Trinajstić information content (AvgIpc) is 2.84. The molecule has 0 aliphatic rings. The fraction of sp³-hybridized carbons (Fsp3) is 0.182. The zero-order chi connectivity index (χ0) is 10.7. The summed E-state index contributed by atoms with van der Waals surface area (Å²) in [7, 11) is 0. The van der Waals surface area contributed by atoms with E-state index in [1.165, 1.54) is 16.1 Å². The molecular weight excluding hydrogens is 224 g/mol. The molecule has 0 atom stereocenters. The molecule has 0 bridgehead atoms. The zero-order valence-corrected chi connectivity index (χ0v) is 9.91. The Hall–Kier alpha value is -1.31. The van der Waals surface area contributed by atoms with Crippen LogP contribution >= 0.6 is 22.7 Å². The molecule has 0 spiro atoms. The quantitative estimate of drug-likeness (QED) is 0.880. The molecule has 0 saturated heterocycles. The van der Waals surface area contributed by atoms with Gasteiger partial charge in [-0.3, -0.25) is 0 Å². The Morgan fingerprint density at radius 3 is 2.87 bits per heavy atom. The first-order chi connectivity index (χ1) is 7.29. The Labute approximate surface area is 96.8 Å². The standard InChI is InChI=1S/C11H10N2S2/c1-8-6-14-7-11(8)13-5-10-3-2-9(4-12)15-10/h2-3,6-7,13H,5H2,1H3. The van der Waals surface area contributed by atoms with Gasteiger partial charge in [-0.2, -0.15) is 5.26 Å². The summed E-state index contributed by atoms with van der Waals surface area (Å²) in [6.45, 7) is 2.89. The maximum absolute atomic E-state index is 8.69. The molecular formula is C11H10N2S2. The van der Waals surface area contributed by atoms with Crippen LogP contribution in [0.1, 0.15) is 15.3 Å². The average molecular weight is 234 g/mol. The highest BCUT2D eigenvalue weighted by Crippen LogP contribution is 2.22. The number of aryl methyl sites for hydroxylation is 1. The molecule has 0 fully saturated rings. The number of hydrogen-bond donors (Lipinski definition) is 1. The highest BCUT2D eigenvalue weighted by atomic mass is 32.1. The Bertz CT molecular complexity index is 491. The molecule has 2 rings (SSSR count). The number of anilines is 1. The molecule has 2 nitrogen and oxygen atoms in total. The molecule has 1 N–H and O–H groups in total. The van der Waals surface area contributed by atoms with Crippen molar-refractivity contribution in [1.82, 2.24) is 0 Å². The minimum Gasteiger partial charge on any atom is -0.379 e. The molecule has 15 heavy (non-hydrogen) atoms. The lowest BCUT2D eigenvalue weighted by Crippen LogP contribution is -1.96. The molecule has 2 heterocycles. The van der Waals surface area contributed by atoms with Gasteiger partial charge in [-0.15, -0.1) is 22.7 Å². The largest absolute Gasteiger partial charge is 0.379 e. The molecule has 76 valence electrons. The normalized spacial score (nSPS) is 9.87. The minimum atomic E-state index is 0.772. The van der Waals surface area contributed by atoms with E-state index in [1.54, 1.807) is 22.7 Å². The zero-order valence-electron chi connectivity index (χ0n) is 8.28. The number of hydrogen-bond acceptors (Lipinski definition) is 4. The third-order valence-corrected chi connectivity index (χ3v) is 3.93. The van der Waals surface area contributed by atoms with Crippen LogP contribution < -0.4 is 5.32 Å². The molecule has 0 aliphatic heterocycles. The van der Waals surface area contributed by atoms with Crippen LogP contribution in [0, 0.1) is 18.3 Å². The summed E-state index contributed by atoms with van der Waals surface area (Å²) in [5.74, 6) is 0. The summed E-state index contributed by atoms with van der Waals surface area (Å²) in [5.41, 5.74) is 2.46. The Morgan fingerprint density at radius 1 is 1.40 bits per heavy atom. The van der Waals surface area contributed by atoms with Gasteiger partial charge in [0.15, 0.2) is 0 Å². The third kappa shape index (κ3) is 2.38. The van der Waals surface area contributed by atoms with Crippen molar-refractivity contribution in [3.05, 3.63) is 38.2 Å². The van der Waals surface area contributed by atoms with Crippen molar-refractivity contribution in [3.63, 3.8) is 0 Å². The lowest BCUT2D eigenvalue weighted by Gasteiger charge is -2.02. The van der Waals surface area contributed by atoms with Crippen molar-refractivity contribution < 1.29 is 0 Å². The number of rotatable bonds is 3. The maximum Gasteiger partial charge on any atom is 0.110 e. The second-order valence-corrected chi connectivity index (χ2v) is 5.11. The van der Waals surface area contributed by atoms with Gasteiger partial charge in [0, 0.05) is 22.5 Å². The summed E-state index contributed by atoms with van der Waals surface area (Å²) in [4.78, 5) is 1.96. The van der Waals surface area contributed by atoms with Gasteiger partial charge in [0.1, 0.15) is 10.9 Å². The van der Waals surface area contributed by atoms with Gasteiger partial charge < -0.3 is 5.32 Å². The van der Waals surface area contributed by atoms with Gasteiger partial charge >= 0.3 is 0 Å². The van der Waals surface area contributed by atoms with E-state index in [0.29, 0.717) is 0 Å². The number of nitrogens with one attached hydrogen (secondary N) is 1. The van der Waals surface area contributed by atoms with E-state index in [0.717, 1.165) is 11.4 Å². The number of nitriles is 1.